The lowest BCUT2D eigenvalue weighted by atomic mass is 10.2. The molecule has 0 bridgehead atoms. The number of halogens is 2. The molecule has 1 rings (SSSR count). The van der Waals surface area contributed by atoms with Gasteiger partial charge in [0.05, 0.1) is 25.7 Å². The lowest BCUT2D eigenvalue weighted by Gasteiger charge is -2.15. The van der Waals surface area contributed by atoms with Crippen molar-refractivity contribution in [2.24, 2.45) is 0 Å². The molecule has 3 nitrogen and oxygen atoms in total. The minimum atomic E-state index is 0.188. The van der Waals surface area contributed by atoms with Crippen molar-refractivity contribution in [3.05, 3.63) is 22.7 Å². The Balaban J connectivity index is 2.73. The Kier molecular flexibility index (Phi) is 6.61. The molecule has 1 aromatic carbocycles. The van der Waals surface area contributed by atoms with E-state index in [1.165, 1.54) is 0 Å². The molecule has 102 valence electrons. The highest BCUT2D eigenvalue weighted by atomic mass is 35.5. The maximum absolute atomic E-state index is 5.96. The van der Waals surface area contributed by atoms with Crippen LogP contribution in [0.5, 0.6) is 11.5 Å². The fourth-order valence-electron chi connectivity index (χ4n) is 1.46. The summed E-state index contributed by atoms with van der Waals surface area (Å²) < 4.78 is 16.3. The summed E-state index contributed by atoms with van der Waals surface area (Å²) >= 11 is 11.8. The second-order valence-electron chi connectivity index (χ2n) is 4.00. The van der Waals surface area contributed by atoms with Gasteiger partial charge in [-0.15, -0.1) is 11.6 Å². The maximum atomic E-state index is 5.96. The van der Waals surface area contributed by atoms with Crippen LogP contribution in [0.1, 0.15) is 19.4 Å². The van der Waals surface area contributed by atoms with E-state index in [4.69, 9.17) is 37.4 Å². The molecule has 0 spiro atoms. The molecule has 0 saturated carbocycles. The highest BCUT2D eigenvalue weighted by molar-refractivity contribution is 6.31. The Morgan fingerprint density at radius 2 is 1.94 bits per heavy atom. The van der Waals surface area contributed by atoms with Crippen molar-refractivity contribution in [3.8, 4) is 11.5 Å². The van der Waals surface area contributed by atoms with Crippen LogP contribution >= 0.6 is 23.2 Å². The first-order valence-electron chi connectivity index (χ1n) is 5.75. The number of alkyl halides is 1. The lowest BCUT2D eigenvalue weighted by Crippen LogP contribution is -2.12. The third-order valence-electron chi connectivity index (χ3n) is 2.24. The maximum Gasteiger partial charge on any atom is 0.165 e. The largest absolute Gasteiger partial charge is 0.493 e. The normalized spacial score (nSPS) is 10.8. The molecule has 0 fully saturated rings. The molecule has 18 heavy (non-hydrogen) atoms. The predicted octanol–water partition coefficient (Wildman–Crippen LogP) is 3.89. The van der Waals surface area contributed by atoms with Crippen molar-refractivity contribution in [1.82, 2.24) is 0 Å². The molecule has 0 aliphatic carbocycles. The van der Waals surface area contributed by atoms with Gasteiger partial charge in [-0.25, -0.2) is 0 Å². The van der Waals surface area contributed by atoms with Crippen molar-refractivity contribution >= 4 is 23.2 Å². The molecule has 0 aliphatic heterocycles. The summed E-state index contributed by atoms with van der Waals surface area (Å²) in [5.41, 5.74) is 0.811. The average Bonchev–Trinajstić information content (AvgIpc) is 2.34. The second-order valence-corrected chi connectivity index (χ2v) is 4.70. The molecule has 0 atom stereocenters. The monoisotopic (exact) mass is 292 g/mol. The standard InChI is InChI=1S/C13H18Cl2O3/c1-9(2)17-4-5-18-13-10(8-14)6-11(15)7-12(13)16-3/h6-7,9H,4-5,8H2,1-3H3. The average molecular weight is 293 g/mol. The molecular weight excluding hydrogens is 275 g/mol. The van der Waals surface area contributed by atoms with E-state index >= 15 is 0 Å². The van der Waals surface area contributed by atoms with E-state index in [0.717, 1.165) is 5.56 Å². The van der Waals surface area contributed by atoms with Gasteiger partial charge in [-0.3, -0.25) is 0 Å². The van der Waals surface area contributed by atoms with Crippen LogP contribution in [0.2, 0.25) is 5.02 Å². The van der Waals surface area contributed by atoms with Gasteiger partial charge < -0.3 is 14.2 Å². The van der Waals surface area contributed by atoms with Crippen LogP contribution in [0.4, 0.5) is 0 Å². The molecule has 0 unspecified atom stereocenters. The summed E-state index contributed by atoms with van der Waals surface area (Å²) in [4.78, 5) is 0. The number of methoxy groups -OCH3 is 1. The number of rotatable bonds is 7. The third kappa shape index (κ3) is 4.56. The summed E-state index contributed by atoms with van der Waals surface area (Å²) in [7, 11) is 1.57. The molecule has 0 aliphatic rings. The molecular formula is C13H18Cl2O3. The van der Waals surface area contributed by atoms with E-state index in [2.05, 4.69) is 0 Å². The molecule has 5 heteroatoms. The Morgan fingerprint density at radius 3 is 2.50 bits per heavy atom. The van der Waals surface area contributed by atoms with Gasteiger partial charge >= 0.3 is 0 Å². The van der Waals surface area contributed by atoms with Crippen LogP contribution in [-0.4, -0.2) is 26.4 Å². The van der Waals surface area contributed by atoms with Gasteiger partial charge in [0.2, 0.25) is 0 Å². The first kappa shape index (κ1) is 15.4. The molecule has 0 N–H and O–H groups in total. The highest BCUT2D eigenvalue weighted by Crippen LogP contribution is 2.35. The first-order valence-corrected chi connectivity index (χ1v) is 6.66. The van der Waals surface area contributed by atoms with Crippen LogP contribution in [0.15, 0.2) is 12.1 Å². The predicted molar refractivity (Wildman–Crippen MR) is 74.1 cm³/mol. The van der Waals surface area contributed by atoms with E-state index in [0.29, 0.717) is 35.6 Å². The SMILES string of the molecule is COc1cc(Cl)cc(CCl)c1OCCOC(C)C. The van der Waals surface area contributed by atoms with E-state index in [1.54, 1.807) is 19.2 Å². The van der Waals surface area contributed by atoms with Crippen molar-refractivity contribution in [3.63, 3.8) is 0 Å². The van der Waals surface area contributed by atoms with Gasteiger partial charge in [0, 0.05) is 16.7 Å². The summed E-state index contributed by atoms with van der Waals surface area (Å²) in [5.74, 6) is 1.53. The van der Waals surface area contributed by atoms with Crippen LogP contribution in [0.25, 0.3) is 0 Å². The topological polar surface area (TPSA) is 27.7 Å². The number of hydrogen-bond acceptors (Lipinski definition) is 3. The Labute approximate surface area is 118 Å². The zero-order valence-corrected chi connectivity index (χ0v) is 12.3. The Hall–Kier alpha value is -0.640. The summed E-state index contributed by atoms with van der Waals surface area (Å²) in [5, 5.41) is 0.577. The Morgan fingerprint density at radius 1 is 1.22 bits per heavy atom. The van der Waals surface area contributed by atoms with Crippen molar-refractivity contribution in [2.75, 3.05) is 20.3 Å². The van der Waals surface area contributed by atoms with E-state index < -0.39 is 0 Å². The number of benzene rings is 1. The Bertz CT molecular complexity index is 355. The van der Waals surface area contributed by atoms with E-state index in [9.17, 15) is 0 Å². The van der Waals surface area contributed by atoms with Crippen molar-refractivity contribution in [2.45, 2.75) is 25.8 Å². The van der Waals surface area contributed by atoms with Gasteiger partial charge in [-0.2, -0.15) is 0 Å². The van der Waals surface area contributed by atoms with Gasteiger partial charge in [0.1, 0.15) is 6.61 Å². The second kappa shape index (κ2) is 7.72. The van der Waals surface area contributed by atoms with Gasteiger partial charge in [-0.05, 0) is 19.9 Å². The first-order chi connectivity index (χ1) is 8.58. The smallest absolute Gasteiger partial charge is 0.165 e. The quantitative estimate of drug-likeness (QED) is 0.564. The number of ether oxygens (including phenoxy) is 3. The lowest BCUT2D eigenvalue weighted by molar-refractivity contribution is 0.0545. The van der Waals surface area contributed by atoms with E-state index in [1.807, 2.05) is 13.8 Å². The molecule has 0 heterocycles. The van der Waals surface area contributed by atoms with Crippen LogP contribution in [0, 0.1) is 0 Å². The molecule has 1 aromatic rings. The number of hydrogen-bond donors (Lipinski definition) is 0. The van der Waals surface area contributed by atoms with Gasteiger partial charge in [0.25, 0.3) is 0 Å². The molecule has 0 radical (unpaired) electrons. The fourth-order valence-corrected chi connectivity index (χ4v) is 1.89. The minimum Gasteiger partial charge on any atom is -0.493 e. The summed E-state index contributed by atoms with van der Waals surface area (Å²) in [6.07, 6.45) is 0.188. The minimum absolute atomic E-state index is 0.188. The van der Waals surface area contributed by atoms with Gasteiger partial charge in [-0.1, -0.05) is 11.6 Å². The molecule has 0 saturated heterocycles. The summed E-state index contributed by atoms with van der Waals surface area (Å²) in [6, 6.07) is 3.48. The molecule has 0 amide bonds. The summed E-state index contributed by atoms with van der Waals surface area (Å²) in [6.45, 7) is 4.92. The zero-order valence-electron chi connectivity index (χ0n) is 10.8. The third-order valence-corrected chi connectivity index (χ3v) is 2.75. The van der Waals surface area contributed by atoms with Crippen LogP contribution < -0.4 is 9.47 Å². The fraction of sp³-hybridized carbons (Fsp3) is 0.538. The molecule has 0 aromatic heterocycles. The van der Waals surface area contributed by atoms with Crippen molar-refractivity contribution < 1.29 is 14.2 Å². The van der Waals surface area contributed by atoms with Crippen molar-refractivity contribution in [1.29, 1.82) is 0 Å². The van der Waals surface area contributed by atoms with E-state index in [-0.39, 0.29) is 6.10 Å². The van der Waals surface area contributed by atoms with Crippen LogP contribution in [-0.2, 0) is 10.6 Å². The highest BCUT2D eigenvalue weighted by Gasteiger charge is 2.12. The van der Waals surface area contributed by atoms with Gasteiger partial charge in [0.15, 0.2) is 11.5 Å². The van der Waals surface area contributed by atoms with Crippen LogP contribution in [0.3, 0.4) is 0 Å². The zero-order chi connectivity index (χ0) is 13.5.